The number of H-pyrrole nitrogens is 1. The Kier molecular flexibility index (Phi) is 2.33. The molecule has 2 heterocycles. The lowest BCUT2D eigenvalue weighted by molar-refractivity contribution is 1.22. The second-order valence-electron chi connectivity index (χ2n) is 4.97. The molecule has 0 aliphatic heterocycles. The Morgan fingerprint density at radius 3 is 2.60 bits per heavy atom. The highest BCUT2D eigenvalue weighted by molar-refractivity contribution is 5.87. The summed E-state index contributed by atoms with van der Waals surface area (Å²) in [7, 11) is 0. The molecule has 2 aromatic heterocycles. The molecule has 2 aromatic carbocycles. The Labute approximate surface area is 116 Å². The number of aromatic nitrogens is 3. The molecule has 96 valence electrons. The maximum Gasteiger partial charge on any atom is 0.178 e. The van der Waals surface area contributed by atoms with Gasteiger partial charge >= 0.3 is 0 Å². The van der Waals surface area contributed by atoms with Crippen LogP contribution < -0.4 is 0 Å². The molecule has 0 unspecified atom stereocenters. The van der Waals surface area contributed by atoms with Crippen molar-refractivity contribution in [1.29, 1.82) is 0 Å². The van der Waals surface area contributed by atoms with Gasteiger partial charge in [-0.3, -0.25) is 0 Å². The van der Waals surface area contributed by atoms with Crippen LogP contribution in [0.3, 0.4) is 0 Å². The number of hydrogen-bond donors (Lipinski definition) is 1. The zero-order valence-corrected chi connectivity index (χ0v) is 11.1. The first-order chi connectivity index (χ1) is 9.79. The molecule has 0 aliphatic carbocycles. The quantitative estimate of drug-likeness (QED) is 0.559. The number of hydrogen-bond acceptors (Lipinski definition) is 2. The molecule has 4 aromatic rings. The second-order valence-corrected chi connectivity index (χ2v) is 4.97. The van der Waals surface area contributed by atoms with Crippen LogP contribution in [0.15, 0.2) is 54.6 Å². The van der Waals surface area contributed by atoms with Gasteiger partial charge in [-0.25, -0.2) is 9.97 Å². The molecule has 3 heteroatoms. The smallest absolute Gasteiger partial charge is 0.178 e. The van der Waals surface area contributed by atoms with E-state index in [2.05, 4.69) is 57.4 Å². The van der Waals surface area contributed by atoms with E-state index in [1.165, 1.54) is 10.8 Å². The van der Waals surface area contributed by atoms with Crippen molar-refractivity contribution in [2.75, 3.05) is 0 Å². The van der Waals surface area contributed by atoms with E-state index < -0.39 is 0 Å². The lowest BCUT2D eigenvalue weighted by Gasteiger charge is -2.00. The summed E-state index contributed by atoms with van der Waals surface area (Å²) < 4.78 is 0. The lowest BCUT2D eigenvalue weighted by atomic mass is 10.1. The van der Waals surface area contributed by atoms with Gasteiger partial charge in [-0.1, -0.05) is 36.4 Å². The van der Waals surface area contributed by atoms with Gasteiger partial charge in [0, 0.05) is 11.3 Å². The standard InChI is InChI=1S/C17H13N3/c1-11-6-9-15-17(18-11)20-16(19-15)14-8-7-12-4-2-3-5-13(12)10-14/h2-10H,1H3,(H,18,19,20). The molecule has 4 rings (SSSR count). The summed E-state index contributed by atoms with van der Waals surface area (Å²) in [6.07, 6.45) is 0. The molecule has 0 saturated heterocycles. The second kappa shape index (κ2) is 4.17. The molecule has 0 radical (unpaired) electrons. The van der Waals surface area contributed by atoms with Crippen molar-refractivity contribution >= 4 is 21.9 Å². The number of pyridine rings is 1. The fraction of sp³-hybridized carbons (Fsp3) is 0.0588. The minimum Gasteiger partial charge on any atom is -0.337 e. The zero-order valence-electron chi connectivity index (χ0n) is 11.1. The van der Waals surface area contributed by atoms with Crippen molar-refractivity contribution in [1.82, 2.24) is 15.0 Å². The van der Waals surface area contributed by atoms with Gasteiger partial charge in [0.05, 0.1) is 5.52 Å². The van der Waals surface area contributed by atoms with Crippen molar-refractivity contribution in [2.45, 2.75) is 6.92 Å². The van der Waals surface area contributed by atoms with Crippen molar-refractivity contribution in [3.63, 3.8) is 0 Å². The summed E-state index contributed by atoms with van der Waals surface area (Å²) in [6, 6.07) is 18.7. The van der Waals surface area contributed by atoms with Crippen molar-refractivity contribution < 1.29 is 0 Å². The van der Waals surface area contributed by atoms with E-state index in [1.54, 1.807) is 0 Å². The SMILES string of the molecule is Cc1ccc2[nH]c(-c3ccc4ccccc4c3)nc2n1. The van der Waals surface area contributed by atoms with E-state index in [4.69, 9.17) is 0 Å². The lowest BCUT2D eigenvalue weighted by Crippen LogP contribution is -1.81. The summed E-state index contributed by atoms with van der Waals surface area (Å²) in [5.74, 6) is 0.865. The molecule has 0 bridgehead atoms. The number of nitrogens with zero attached hydrogens (tertiary/aromatic N) is 2. The Bertz CT molecular complexity index is 922. The summed E-state index contributed by atoms with van der Waals surface area (Å²) in [6.45, 7) is 1.98. The topological polar surface area (TPSA) is 41.6 Å². The summed E-state index contributed by atoms with van der Waals surface area (Å²) in [4.78, 5) is 12.4. The summed E-state index contributed by atoms with van der Waals surface area (Å²) in [5.41, 5.74) is 3.81. The van der Waals surface area contributed by atoms with E-state index in [0.717, 1.165) is 28.2 Å². The molecule has 1 N–H and O–H groups in total. The van der Waals surface area contributed by atoms with Crippen LogP contribution in [0.25, 0.3) is 33.3 Å². The Hall–Kier alpha value is -2.68. The minimum atomic E-state index is 0.771. The normalized spacial score (nSPS) is 11.2. The van der Waals surface area contributed by atoms with E-state index in [9.17, 15) is 0 Å². The molecular formula is C17H13N3. The van der Waals surface area contributed by atoms with Gasteiger partial charge in [0.2, 0.25) is 0 Å². The van der Waals surface area contributed by atoms with Crippen LogP contribution in [-0.2, 0) is 0 Å². The number of nitrogens with one attached hydrogen (secondary N) is 1. The van der Waals surface area contributed by atoms with Gasteiger partial charge in [-0.05, 0) is 35.9 Å². The fourth-order valence-electron chi connectivity index (χ4n) is 2.46. The van der Waals surface area contributed by atoms with E-state index in [0.29, 0.717) is 0 Å². The molecule has 3 nitrogen and oxygen atoms in total. The van der Waals surface area contributed by atoms with Crippen LogP contribution in [0.4, 0.5) is 0 Å². The molecule has 0 saturated carbocycles. The summed E-state index contributed by atoms with van der Waals surface area (Å²) in [5, 5.41) is 2.45. The van der Waals surface area contributed by atoms with Gasteiger partial charge in [-0.2, -0.15) is 0 Å². The van der Waals surface area contributed by atoms with Gasteiger partial charge < -0.3 is 4.98 Å². The third-order valence-electron chi connectivity index (χ3n) is 3.51. The third-order valence-corrected chi connectivity index (χ3v) is 3.51. The number of fused-ring (bicyclic) bond motifs is 2. The zero-order chi connectivity index (χ0) is 13.5. The number of rotatable bonds is 1. The third kappa shape index (κ3) is 1.75. The number of aromatic amines is 1. The highest BCUT2D eigenvalue weighted by Gasteiger charge is 2.06. The first-order valence-electron chi connectivity index (χ1n) is 6.62. The van der Waals surface area contributed by atoms with E-state index in [-0.39, 0.29) is 0 Å². The van der Waals surface area contributed by atoms with Crippen LogP contribution in [0.2, 0.25) is 0 Å². The van der Waals surface area contributed by atoms with Crippen molar-refractivity contribution in [3.8, 4) is 11.4 Å². The van der Waals surface area contributed by atoms with E-state index >= 15 is 0 Å². The molecule has 0 fully saturated rings. The first kappa shape index (κ1) is 11.2. The van der Waals surface area contributed by atoms with Gasteiger partial charge in [0.1, 0.15) is 5.82 Å². The highest BCUT2D eigenvalue weighted by Crippen LogP contribution is 2.24. The minimum absolute atomic E-state index is 0.771. The van der Waals surface area contributed by atoms with Gasteiger partial charge in [-0.15, -0.1) is 0 Å². The predicted octanol–water partition coefficient (Wildman–Crippen LogP) is 4.09. The Morgan fingerprint density at radius 2 is 1.70 bits per heavy atom. The number of benzene rings is 2. The van der Waals surface area contributed by atoms with Crippen LogP contribution >= 0.6 is 0 Å². The largest absolute Gasteiger partial charge is 0.337 e. The molecule has 0 aliphatic rings. The molecule has 0 amide bonds. The van der Waals surface area contributed by atoms with Gasteiger partial charge in [0.25, 0.3) is 0 Å². The van der Waals surface area contributed by atoms with Crippen molar-refractivity contribution in [2.24, 2.45) is 0 Å². The molecular weight excluding hydrogens is 246 g/mol. The monoisotopic (exact) mass is 259 g/mol. The average molecular weight is 259 g/mol. The van der Waals surface area contributed by atoms with E-state index in [1.807, 2.05) is 19.1 Å². The number of aryl methyl sites for hydroxylation is 1. The Balaban J connectivity index is 1.91. The maximum absolute atomic E-state index is 4.58. The number of imidazole rings is 1. The van der Waals surface area contributed by atoms with Gasteiger partial charge in [0.15, 0.2) is 5.65 Å². The summed E-state index contributed by atoms with van der Waals surface area (Å²) >= 11 is 0. The molecule has 0 atom stereocenters. The maximum atomic E-state index is 4.58. The highest BCUT2D eigenvalue weighted by atomic mass is 15.0. The van der Waals surface area contributed by atoms with Crippen LogP contribution in [0.1, 0.15) is 5.69 Å². The molecule has 0 spiro atoms. The van der Waals surface area contributed by atoms with Crippen LogP contribution in [-0.4, -0.2) is 15.0 Å². The molecule has 20 heavy (non-hydrogen) atoms. The first-order valence-corrected chi connectivity index (χ1v) is 6.62. The van der Waals surface area contributed by atoms with Crippen molar-refractivity contribution in [3.05, 3.63) is 60.3 Å². The predicted molar refractivity (Wildman–Crippen MR) is 81.6 cm³/mol. The fourth-order valence-corrected chi connectivity index (χ4v) is 2.46. The van der Waals surface area contributed by atoms with Crippen LogP contribution in [0.5, 0.6) is 0 Å². The van der Waals surface area contributed by atoms with Crippen LogP contribution in [0, 0.1) is 6.92 Å². The average Bonchev–Trinajstić information content (AvgIpc) is 2.89. The Morgan fingerprint density at radius 1 is 0.850 bits per heavy atom.